The zero-order chi connectivity index (χ0) is 11.9. The van der Waals surface area contributed by atoms with Crippen molar-refractivity contribution < 1.29 is 14.2 Å². The van der Waals surface area contributed by atoms with Gasteiger partial charge in [-0.3, -0.25) is 0 Å². The van der Waals surface area contributed by atoms with E-state index >= 15 is 0 Å². The number of methoxy groups -OCH3 is 1. The molecule has 0 saturated carbocycles. The number of hydrogen-bond acceptors (Lipinski definition) is 3. The molecular formula is C14H20O3. The van der Waals surface area contributed by atoms with Crippen LogP contribution in [-0.2, 0) is 22.3 Å². The third-order valence-corrected chi connectivity index (χ3v) is 3.08. The van der Waals surface area contributed by atoms with Crippen LogP contribution >= 0.6 is 0 Å². The minimum absolute atomic E-state index is 0.305. The van der Waals surface area contributed by atoms with E-state index in [0.29, 0.717) is 20.0 Å². The largest absolute Gasteiger partial charge is 0.467 e. The van der Waals surface area contributed by atoms with Crippen LogP contribution < -0.4 is 4.74 Å². The Kier molecular flexibility index (Phi) is 4.83. The minimum Gasteiger partial charge on any atom is -0.467 e. The summed E-state index contributed by atoms with van der Waals surface area (Å²) >= 11 is 0. The van der Waals surface area contributed by atoms with Gasteiger partial charge >= 0.3 is 0 Å². The molecule has 0 heterocycles. The monoisotopic (exact) mass is 236 g/mol. The predicted octanol–water partition coefficient (Wildman–Crippen LogP) is 2.56. The van der Waals surface area contributed by atoms with Crippen LogP contribution in [0.4, 0.5) is 0 Å². The molecular weight excluding hydrogens is 216 g/mol. The topological polar surface area (TPSA) is 27.7 Å². The third-order valence-electron chi connectivity index (χ3n) is 3.08. The maximum atomic E-state index is 5.67. The molecule has 0 bridgehead atoms. The van der Waals surface area contributed by atoms with Gasteiger partial charge < -0.3 is 14.2 Å². The van der Waals surface area contributed by atoms with Crippen molar-refractivity contribution in [3.63, 3.8) is 0 Å². The fraction of sp³-hybridized carbons (Fsp3) is 0.571. The van der Waals surface area contributed by atoms with Gasteiger partial charge in [0.1, 0.15) is 5.75 Å². The lowest BCUT2D eigenvalue weighted by Gasteiger charge is -2.19. The van der Waals surface area contributed by atoms with E-state index in [4.69, 9.17) is 14.2 Å². The van der Waals surface area contributed by atoms with Crippen molar-refractivity contribution in [3.8, 4) is 5.75 Å². The summed E-state index contributed by atoms with van der Waals surface area (Å²) in [7, 11) is 1.66. The number of ether oxygens (including phenoxy) is 3. The summed E-state index contributed by atoms with van der Waals surface area (Å²) in [6.07, 6.45) is 4.86. The molecule has 2 rings (SSSR count). The van der Waals surface area contributed by atoms with Crippen molar-refractivity contribution >= 4 is 0 Å². The number of fused-ring (bicyclic) bond motifs is 1. The average molecular weight is 236 g/mol. The number of hydrogen-bond donors (Lipinski definition) is 0. The molecule has 17 heavy (non-hydrogen) atoms. The Hall–Kier alpha value is -1.06. The first-order valence-electron chi connectivity index (χ1n) is 6.22. The van der Waals surface area contributed by atoms with Gasteiger partial charge in [-0.1, -0.05) is 12.1 Å². The number of aryl methyl sites for hydroxylation is 1. The van der Waals surface area contributed by atoms with Crippen molar-refractivity contribution in [2.45, 2.75) is 25.7 Å². The van der Waals surface area contributed by atoms with E-state index in [9.17, 15) is 0 Å². The Morgan fingerprint density at radius 1 is 1.12 bits per heavy atom. The molecule has 1 aromatic carbocycles. The lowest BCUT2D eigenvalue weighted by Crippen LogP contribution is -2.10. The molecule has 0 aromatic heterocycles. The van der Waals surface area contributed by atoms with Crippen LogP contribution in [0.15, 0.2) is 18.2 Å². The molecule has 3 heteroatoms. The maximum Gasteiger partial charge on any atom is 0.189 e. The smallest absolute Gasteiger partial charge is 0.189 e. The first-order valence-corrected chi connectivity index (χ1v) is 6.22. The minimum atomic E-state index is 0.305. The molecule has 1 aliphatic carbocycles. The van der Waals surface area contributed by atoms with E-state index in [2.05, 4.69) is 12.1 Å². The highest BCUT2D eigenvalue weighted by Gasteiger charge is 2.13. The summed E-state index contributed by atoms with van der Waals surface area (Å²) in [6.45, 7) is 1.49. The SMILES string of the molecule is COCCOCOc1cccc2c1CCCC2. The molecule has 1 aliphatic rings. The number of rotatable bonds is 6. The van der Waals surface area contributed by atoms with Gasteiger partial charge in [-0.2, -0.15) is 0 Å². The third kappa shape index (κ3) is 3.45. The van der Waals surface area contributed by atoms with Gasteiger partial charge in [0.2, 0.25) is 0 Å². The van der Waals surface area contributed by atoms with E-state index < -0.39 is 0 Å². The second-order valence-corrected chi connectivity index (χ2v) is 4.26. The van der Waals surface area contributed by atoms with Crippen LogP contribution in [0.25, 0.3) is 0 Å². The Morgan fingerprint density at radius 3 is 2.88 bits per heavy atom. The van der Waals surface area contributed by atoms with Crippen molar-refractivity contribution in [1.82, 2.24) is 0 Å². The van der Waals surface area contributed by atoms with Gasteiger partial charge in [0.15, 0.2) is 6.79 Å². The molecule has 0 unspecified atom stereocenters. The molecule has 94 valence electrons. The van der Waals surface area contributed by atoms with Crippen LogP contribution in [0.2, 0.25) is 0 Å². The highest BCUT2D eigenvalue weighted by Crippen LogP contribution is 2.29. The molecule has 1 aromatic rings. The average Bonchev–Trinajstić information content (AvgIpc) is 2.39. The van der Waals surface area contributed by atoms with Crippen LogP contribution in [0, 0.1) is 0 Å². The van der Waals surface area contributed by atoms with E-state index in [1.807, 2.05) is 6.07 Å². The van der Waals surface area contributed by atoms with Gasteiger partial charge in [-0.15, -0.1) is 0 Å². The van der Waals surface area contributed by atoms with Crippen LogP contribution in [0.1, 0.15) is 24.0 Å². The van der Waals surface area contributed by atoms with Crippen LogP contribution in [0.5, 0.6) is 5.75 Å². The summed E-state index contributed by atoms with van der Waals surface area (Å²) in [5.41, 5.74) is 2.81. The van der Waals surface area contributed by atoms with E-state index in [1.54, 1.807) is 7.11 Å². The summed E-state index contributed by atoms with van der Waals surface area (Å²) in [6, 6.07) is 6.30. The Bertz CT molecular complexity index is 349. The van der Waals surface area contributed by atoms with Gasteiger partial charge in [-0.25, -0.2) is 0 Å². The van der Waals surface area contributed by atoms with Crippen LogP contribution in [-0.4, -0.2) is 27.1 Å². The molecule has 0 fully saturated rings. The summed E-state index contributed by atoms with van der Waals surface area (Å²) < 4.78 is 15.9. The quantitative estimate of drug-likeness (QED) is 0.561. The van der Waals surface area contributed by atoms with Gasteiger partial charge in [-0.05, 0) is 42.9 Å². The molecule has 0 atom stereocenters. The fourth-order valence-electron chi connectivity index (χ4n) is 2.19. The Labute approximate surface area is 103 Å². The first kappa shape index (κ1) is 12.4. The summed E-state index contributed by atoms with van der Waals surface area (Å²) in [5.74, 6) is 0.986. The Balaban J connectivity index is 1.87. The highest BCUT2D eigenvalue weighted by atomic mass is 16.7. The molecule has 0 radical (unpaired) electrons. The van der Waals surface area contributed by atoms with Crippen molar-refractivity contribution in [1.29, 1.82) is 0 Å². The van der Waals surface area contributed by atoms with Crippen molar-refractivity contribution in [2.24, 2.45) is 0 Å². The lowest BCUT2D eigenvalue weighted by atomic mass is 9.91. The predicted molar refractivity (Wildman–Crippen MR) is 66.4 cm³/mol. The molecule has 0 N–H and O–H groups in total. The van der Waals surface area contributed by atoms with E-state index in [0.717, 1.165) is 12.2 Å². The second kappa shape index (κ2) is 6.62. The number of benzene rings is 1. The first-order chi connectivity index (χ1) is 8.42. The van der Waals surface area contributed by atoms with E-state index in [1.165, 1.54) is 30.4 Å². The summed E-state index contributed by atoms with van der Waals surface area (Å²) in [5, 5.41) is 0. The Morgan fingerprint density at radius 2 is 2.00 bits per heavy atom. The normalized spacial score (nSPS) is 14.4. The lowest BCUT2D eigenvalue weighted by molar-refractivity contribution is -0.00895. The fourth-order valence-corrected chi connectivity index (χ4v) is 2.19. The molecule has 0 spiro atoms. The standard InChI is InChI=1S/C14H20O3/c1-15-9-10-16-11-17-14-8-4-6-12-5-2-3-7-13(12)14/h4,6,8H,2-3,5,7,9-11H2,1H3. The molecule has 0 amide bonds. The zero-order valence-corrected chi connectivity index (χ0v) is 10.4. The maximum absolute atomic E-state index is 5.67. The molecule has 3 nitrogen and oxygen atoms in total. The van der Waals surface area contributed by atoms with Gasteiger partial charge in [0, 0.05) is 7.11 Å². The molecule has 0 aliphatic heterocycles. The van der Waals surface area contributed by atoms with E-state index in [-0.39, 0.29) is 0 Å². The zero-order valence-electron chi connectivity index (χ0n) is 10.4. The summed E-state index contributed by atoms with van der Waals surface area (Å²) in [4.78, 5) is 0. The van der Waals surface area contributed by atoms with Gasteiger partial charge in [0.05, 0.1) is 13.2 Å². The van der Waals surface area contributed by atoms with Crippen molar-refractivity contribution in [2.75, 3.05) is 27.1 Å². The van der Waals surface area contributed by atoms with Gasteiger partial charge in [0.25, 0.3) is 0 Å². The second-order valence-electron chi connectivity index (χ2n) is 4.26. The van der Waals surface area contributed by atoms with Crippen molar-refractivity contribution in [3.05, 3.63) is 29.3 Å². The van der Waals surface area contributed by atoms with Crippen LogP contribution in [0.3, 0.4) is 0 Å². The highest BCUT2D eigenvalue weighted by molar-refractivity contribution is 5.41. The molecule has 0 saturated heterocycles.